The molecule has 2 heterocycles. The molecular weight excluding hydrogens is 356 g/mol. The van der Waals surface area contributed by atoms with Crippen molar-refractivity contribution < 1.29 is 9.84 Å². The zero-order valence-electron chi connectivity index (χ0n) is 15.6. The fourth-order valence-corrected chi connectivity index (χ4v) is 3.03. The number of aliphatic imine (C=N–C) groups is 1. The third kappa shape index (κ3) is 3.73. The first-order chi connectivity index (χ1) is 13.4. The van der Waals surface area contributed by atoms with Crippen LogP contribution in [-0.4, -0.2) is 32.7 Å². The minimum Gasteiger partial charge on any atom is -0.485 e. The Hall–Kier alpha value is -3.62. The van der Waals surface area contributed by atoms with Crippen LogP contribution in [0, 0.1) is 22.8 Å². The molecule has 1 aromatic heterocycles. The molecule has 0 saturated heterocycles. The van der Waals surface area contributed by atoms with Crippen LogP contribution >= 0.6 is 0 Å². The Balaban J connectivity index is 1.98. The van der Waals surface area contributed by atoms with Crippen LogP contribution in [0.5, 0.6) is 5.75 Å². The van der Waals surface area contributed by atoms with Crippen molar-refractivity contribution in [3.8, 4) is 18.0 Å². The van der Waals surface area contributed by atoms with E-state index < -0.39 is 17.7 Å². The zero-order valence-corrected chi connectivity index (χ0v) is 15.6. The summed E-state index contributed by atoms with van der Waals surface area (Å²) in [4.78, 5) is 9.68. The van der Waals surface area contributed by atoms with Gasteiger partial charge in [0.2, 0.25) is 5.96 Å². The number of hydrogen-bond acceptors (Lipinski definition) is 6. The van der Waals surface area contributed by atoms with Gasteiger partial charge in [-0.1, -0.05) is 6.07 Å². The Bertz CT molecular complexity index is 974. The number of rotatable bonds is 3. The molecule has 0 fully saturated rings. The van der Waals surface area contributed by atoms with Crippen LogP contribution in [0.15, 0.2) is 47.7 Å². The van der Waals surface area contributed by atoms with E-state index in [4.69, 9.17) is 10.5 Å². The molecule has 8 nitrogen and oxygen atoms in total. The highest BCUT2D eigenvalue weighted by Gasteiger charge is 2.43. The van der Waals surface area contributed by atoms with Crippen molar-refractivity contribution in [2.24, 2.45) is 10.7 Å². The van der Waals surface area contributed by atoms with Crippen molar-refractivity contribution in [2.45, 2.75) is 38.1 Å². The summed E-state index contributed by atoms with van der Waals surface area (Å²) in [6.07, 6.45) is 4.26. The molecule has 142 valence electrons. The molecule has 0 radical (unpaired) electrons. The van der Waals surface area contributed by atoms with Gasteiger partial charge < -0.3 is 15.6 Å². The molecule has 2 aromatic rings. The molecule has 1 aromatic carbocycles. The van der Waals surface area contributed by atoms with Gasteiger partial charge in [-0.2, -0.15) is 10.5 Å². The maximum atomic E-state index is 10.8. The molecule has 3 N–H and O–H groups in total. The standard InChI is InChI=1S/C20H20N6O2/c1-20(2)18(27)17(15-8-13(9-21)5-6-16(15)28-20)25-19(23)26(12-22)11-14-4-3-7-24-10-14/h3-8,10,17-18,27H,11H2,1-2H3,(H2,23,25)/t17-,18+/m1/s1. The first-order valence-corrected chi connectivity index (χ1v) is 8.66. The molecule has 2 atom stereocenters. The van der Waals surface area contributed by atoms with Gasteiger partial charge in [0, 0.05) is 18.0 Å². The van der Waals surface area contributed by atoms with Crippen LogP contribution in [-0.2, 0) is 6.54 Å². The summed E-state index contributed by atoms with van der Waals surface area (Å²) >= 11 is 0. The lowest BCUT2D eigenvalue weighted by Gasteiger charge is -2.40. The molecule has 28 heavy (non-hydrogen) atoms. The van der Waals surface area contributed by atoms with Crippen LogP contribution in [0.25, 0.3) is 0 Å². The van der Waals surface area contributed by atoms with Crippen LogP contribution in [0.4, 0.5) is 0 Å². The van der Waals surface area contributed by atoms with Crippen molar-refractivity contribution in [3.05, 3.63) is 59.4 Å². The average Bonchev–Trinajstić information content (AvgIpc) is 2.69. The van der Waals surface area contributed by atoms with Crippen molar-refractivity contribution >= 4 is 5.96 Å². The lowest BCUT2D eigenvalue weighted by Crippen LogP contribution is -2.49. The molecule has 8 heteroatoms. The highest BCUT2D eigenvalue weighted by Crippen LogP contribution is 2.42. The van der Waals surface area contributed by atoms with E-state index in [-0.39, 0.29) is 12.5 Å². The minimum absolute atomic E-state index is 0.0404. The summed E-state index contributed by atoms with van der Waals surface area (Å²) in [7, 11) is 0. The van der Waals surface area contributed by atoms with E-state index in [1.807, 2.05) is 12.3 Å². The number of nitriles is 2. The normalized spacial score (nSPS) is 20.2. The third-order valence-electron chi connectivity index (χ3n) is 4.57. The largest absolute Gasteiger partial charge is 0.485 e. The molecule has 0 saturated carbocycles. The summed E-state index contributed by atoms with van der Waals surface area (Å²) in [6, 6.07) is 9.81. The molecule has 3 rings (SSSR count). The fraction of sp³-hybridized carbons (Fsp3) is 0.300. The van der Waals surface area contributed by atoms with Crippen LogP contribution < -0.4 is 10.5 Å². The second-order valence-electron chi connectivity index (χ2n) is 6.99. The van der Waals surface area contributed by atoms with Gasteiger partial charge in [-0.15, -0.1) is 0 Å². The Morgan fingerprint density at radius 1 is 1.39 bits per heavy atom. The van der Waals surface area contributed by atoms with E-state index >= 15 is 0 Å². The van der Waals surface area contributed by atoms with E-state index in [0.717, 1.165) is 5.56 Å². The molecule has 0 spiro atoms. The molecule has 1 aliphatic rings. The first kappa shape index (κ1) is 19.2. The molecule has 0 unspecified atom stereocenters. The Kier molecular flexibility index (Phi) is 5.16. The van der Waals surface area contributed by atoms with E-state index in [2.05, 4.69) is 16.0 Å². The number of ether oxygens (including phenoxy) is 1. The third-order valence-corrected chi connectivity index (χ3v) is 4.57. The van der Waals surface area contributed by atoms with Gasteiger partial charge >= 0.3 is 0 Å². The maximum Gasteiger partial charge on any atom is 0.205 e. The molecule has 0 amide bonds. The number of nitrogens with two attached hydrogens (primary N) is 1. The highest BCUT2D eigenvalue weighted by molar-refractivity contribution is 5.80. The lowest BCUT2D eigenvalue weighted by molar-refractivity contribution is -0.0568. The summed E-state index contributed by atoms with van der Waals surface area (Å²) < 4.78 is 5.87. The van der Waals surface area contributed by atoms with Gasteiger partial charge in [-0.25, -0.2) is 9.89 Å². The van der Waals surface area contributed by atoms with Crippen LogP contribution in [0.2, 0.25) is 0 Å². The van der Waals surface area contributed by atoms with Gasteiger partial charge in [0.25, 0.3) is 0 Å². The van der Waals surface area contributed by atoms with Crippen molar-refractivity contribution in [1.82, 2.24) is 9.88 Å². The lowest BCUT2D eigenvalue weighted by atomic mass is 9.86. The first-order valence-electron chi connectivity index (χ1n) is 8.66. The average molecular weight is 376 g/mol. The van der Waals surface area contributed by atoms with Gasteiger partial charge in [0.15, 0.2) is 6.19 Å². The summed E-state index contributed by atoms with van der Waals surface area (Å²) in [5.41, 5.74) is 6.94. The smallest absolute Gasteiger partial charge is 0.205 e. The van der Waals surface area contributed by atoms with Crippen molar-refractivity contribution in [3.63, 3.8) is 0 Å². The van der Waals surface area contributed by atoms with Gasteiger partial charge in [-0.05, 0) is 43.7 Å². The monoisotopic (exact) mass is 376 g/mol. The molecular formula is C20H20N6O2. The SMILES string of the molecule is CC1(C)Oc2ccc(C#N)cc2[C@@H](N=C(N)N(C#N)Cc2cccnc2)[C@@H]1O. The summed E-state index contributed by atoms with van der Waals surface area (Å²) in [6.45, 7) is 3.69. The van der Waals surface area contributed by atoms with Crippen molar-refractivity contribution in [2.75, 3.05) is 0 Å². The number of aliphatic hydroxyl groups is 1. The number of fused-ring (bicyclic) bond motifs is 1. The number of aromatic nitrogens is 1. The maximum absolute atomic E-state index is 10.8. The highest BCUT2D eigenvalue weighted by atomic mass is 16.5. The van der Waals surface area contributed by atoms with Crippen molar-refractivity contribution in [1.29, 1.82) is 10.5 Å². The number of hydrogen-bond donors (Lipinski definition) is 2. The topological polar surface area (TPSA) is 132 Å². The predicted molar refractivity (Wildman–Crippen MR) is 102 cm³/mol. The minimum atomic E-state index is -1.02. The van der Waals surface area contributed by atoms with E-state index in [1.165, 1.54) is 4.90 Å². The van der Waals surface area contributed by atoms with E-state index in [0.29, 0.717) is 16.9 Å². The zero-order chi connectivity index (χ0) is 20.3. The number of guanidine groups is 1. The number of benzene rings is 1. The Morgan fingerprint density at radius 2 is 2.18 bits per heavy atom. The molecule has 1 aliphatic heterocycles. The predicted octanol–water partition coefficient (Wildman–Crippen LogP) is 1.82. The van der Waals surface area contributed by atoms with Gasteiger partial charge in [-0.3, -0.25) is 4.98 Å². The van der Waals surface area contributed by atoms with Gasteiger partial charge in [0.1, 0.15) is 23.5 Å². The van der Waals surface area contributed by atoms with Crippen LogP contribution in [0.3, 0.4) is 0 Å². The number of nitrogens with zero attached hydrogens (tertiary/aromatic N) is 5. The fourth-order valence-electron chi connectivity index (χ4n) is 3.03. The quantitative estimate of drug-likeness (QED) is 0.361. The number of aliphatic hydroxyl groups excluding tert-OH is 1. The molecule has 0 aliphatic carbocycles. The summed E-state index contributed by atoms with van der Waals surface area (Å²) in [5, 5.41) is 29.5. The second kappa shape index (κ2) is 7.55. The molecule has 0 bridgehead atoms. The second-order valence-corrected chi connectivity index (χ2v) is 6.99. The van der Waals surface area contributed by atoms with Gasteiger partial charge in [0.05, 0.1) is 18.2 Å². The Morgan fingerprint density at radius 3 is 2.82 bits per heavy atom. The van der Waals surface area contributed by atoms with E-state index in [1.54, 1.807) is 50.5 Å². The van der Waals surface area contributed by atoms with Crippen LogP contribution in [0.1, 0.15) is 36.6 Å². The van der Waals surface area contributed by atoms with E-state index in [9.17, 15) is 15.6 Å². The summed E-state index contributed by atoms with van der Waals surface area (Å²) in [5.74, 6) is 0.480. The number of pyridine rings is 1. The Labute approximate surface area is 163 Å².